The molecule has 2 N–H and O–H groups in total. The van der Waals surface area contributed by atoms with Crippen LogP contribution in [0.2, 0.25) is 0 Å². The Morgan fingerprint density at radius 1 is 1.56 bits per heavy atom. The molecule has 0 bridgehead atoms. The number of likely N-dealkylation sites (tertiary alicyclic amines) is 1. The molecule has 0 saturated carbocycles. The van der Waals surface area contributed by atoms with Gasteiger partial charge in [-0.25, -0.2) is 9.97 Å². The van der Waals surface area contributed by atoms with Gasteiger partial charge < -0.3 is 5.73 Å². The molecule has 1 aliphatic rings. The van der Waals surface area contributed by atoms with Crippen molar-refractivity contribution in [2.24, 2.45) is 11.7 Å². The smallest absolute Gasteiger partial charge is 0.115 e. The monoisotopic (exact) mass is 220 g/mol. The van der Waals surface area contributed by atoms with Crippen LogP contribution >= 0.6 is 0 Å². The Hall–Kier alpha value is -1.00. The molecule has 2 heterocycles. The maximum Gasteiger partial charge on any atom is 0.115 e. The van der Waals surface area contributed by atoms with Gasteiger partial charge >= 0.3 is 0 Å². The summed E-state index contributed by atoms with van der Waals surface area (Å²) < 4.78 is 0. The fourth-order valence-corrected chi connectivity index (χ4v) is 2.53. The van der Waals surface area contributed by atoms with Crippen molar-refractivity contribution >= 4 is 0 Å². The molecule has 0 aliphatic carbocycles. The number of piperidine rings is 1. The second-order valence-corrected chi connectivity index (χ2v) is 4.59. The molecule has 2 rings (SSSR count). The summed E-state index contributed by atoms with van der Waals surface area (Å²) in [6.07, 6.45) is 5.97. The van der Waals surface area contributed by atoms with Gasteiger partial charge in [0.2, 0.25) is 0 Å². The molecule has 1 aromatic heterocycles. The third-order valence-corrected chi connectivity index (χ3v) is 3.48. The van der Waals surface area contributed by atoms with E-state index in [1.807, 2.05) is 6.07 Å². The third-order valence-electron chi connectivity index (χ3n) is 3.48. The molecule has 16 heavy (non-hydrogen) atoms. The lowest BCUT2D eigenvalue weighted by atomic mass is 9.91. The quantitative estimate of drug-likeness (QED) is 0.827. The van der Waals surface area contributed by atoms with Gasteiger partial charge in [0, 0.05) is 25.3 Å². The van der Waals surface area contributed by atoms with Crippen LogP contribution in [0, 0.1) is 5.92 Å². The van der Waals surface area contributed by atoms with Crippen LogP contribution in [0.1, 0.15) is 25.5 Å². The molecular weight excluding hydrogens is 200 g/mol. The van der Waals surface area contributed by atoms with Crippen LogP contribution in [0.3, 0.4) is 0 Å². The first-order chi connectivity index (χ1) is 7.81. The lowest BCUT2D eigenvalue weighted by Gasteiger charge is -2.39. The van der Waals surface area contributed by atoms with Crippen LogP contribution in [0.4, 0.5) is 0 Å². The summed E-state index contributed by atoms with van der Waals surface area (Å²) in [6, 6.07) is 2.48. The van der Waals surface area contributed by atoms with Crippen molar-refractivity contribution in [1.82, 2.24) is 14.9 Å². The molecule has 0 spiro atoms. The maximum absolute atomic E-state index is 5.86. The van der Waals surface area contributed by atoms with E-state index in [0.717, 1.165) is 25.3 Å². The second kappa shape index (κ2) is 5.37. The predicted molar refractivity (Wildman–Crippen MR) is 63.7 cm³/mol. The molecule has 4 nitrogen and oxygen atoms in total. The zero-order chi connectivity index (χ0) is 11.4. The van der Waals surface area contributed by atoms with Crippen LogP contribution in [0.15, 0.2) is 18.6 Å². The highest BCUT2D eigenvalue weighted by Crippen LogP contribution is 2.23. The van der Waals surface area contributed by atoms with Gasteiger partial charge in [-0.2, -0.15) is 0 Å². The lowest BCUT2D eigenvalue weighted by Crippen LogP contribution is -2.48. The molecule has 1 saturated heterocycles. The van der Waals surface area contributed by atoms with Gasteiger partial charge in [0.1, 0.15) is 6.33 Å². The van der Waals surface area contributed by atoms with Crippen molar-refractivity contribution in [1.29, 1.82) is 0 Å². The van der Waals surface area contributed by atoms with Crippen LogP contribution in [-0.4, -0.2) is 34.0 Å². The first-order valence-electron chi connectivity index (χ1n) is 6.00. The minimum absolute atomic E-state index is 0.503. The Morgan fingerprint density at radius 2 is 2.44 bits per heavy atom. The molecule has 0 radical (unpaired) electrons. The van der Waals surface area contributed by atoms with Crippen molar-refractivity contribution in [3.05, 3.63) is 24.3 Å². The highest BCUT2D eigenvalue weighted by molar-refractivity contribution is 4.99. The Kier molecular flexibility index (Phi) is 3.85. The van der Waals surface area contributed by atoms with E-state index in [1.54, 1.807) is 12.5 Å². The van der Waals surface area contributed by atoms with E-state index in [-0.39, 0.29) is 0 Å². The van der Waals surface area contributed by atoms with E-state index in [2.05, 4.69) is 21.8 Å². The summed E-state index contributed by atoms with van der Waals surface area (Å²) in [5.41, 5.74) is 6.95. The molecule has 2 unspecified atom stereocenters. The average Bonchev–Trinajstić information content (AvgIpc) is 2.31. The van der Waals surface area contributed by atoms with E-state index in [4.69, 9.17) is 5.73 Å². The number of aromatic nitrogens is 2. The van der Waals surface area contributed by atoms with E-state index in [1.165, 1.54) is 12.8 Å². The highest BCUT2D eigenvalue weighted by atomic mass is 15.2. The van der Waals surface area contributed by atoms with E-state index < -0.39 is 0 Å². The Balaban J connectivity index is 2.02. The zero-order valence-electron chi connectivity index (χ0n) is 9.84. The fourth-order valence-electron chi connectivity index (χ4n) is 2.53. The van der Waals surface area contributed by atoms with Gasteiger partial charge in [-0.05, 0) is 31.4 Å². The second-order valence-electron chi connectivity index (χ2n) is 4.59. The predicted octanol–water partition coefficient (Wildman–Crippen LogP) is 1.04. The van der Waals surface area contributed by atoms with Crippen molar-refractivity contribution < 1.29 is 0 Å². The third kappa shape index (κ3) is 2.57. The minimum Gasteiger partial charge on any atom is -0.329 e. The largest absolute Gasteiger partial charge is 0.329 e. The van der Waals surface area contributed by atoms with Gasteiger partial charge in [0.15, 0.2) is 0 Å². The van der Waals surface area contributed by atoms with Crippen LogP contribution in [0.5, 0.6) is 0 Å². The number of hydrogen-bond acceptors (Lipinski definition) is 4. The Labute approximate surface area is 96.9 Å². The number of nitrogens with zero attached hydrogens (tertiary/aromatic N) is 3. The summed E-state index contributed by atoms with van der Waals surface area (Å²) in [7, 11) is 0. The lowest BCUT2D eigenvalue weighted by molar-refractivity contribution is 0.0977. The van der Waals surface area contributed by atoms with Crippen molar-refractivity contribution in [2.75, 3.05) is 13.1 Å². The minimum atomic E-state index is 0.503. The zero-order valence-corrected chi connectivity index (χ0v) is 9.84. The summed E-state index contributed by atoms with van der Waals surface area (Å²) in [4.78, 5) is 10.7. The summed E-state index contributed by atoms with van der Waals surface area (Å²) in [6.45, 7) is 5.07. The SMILES string of the molecule is CC1CCCN(Cc2ccncn2)C1CN. The molecule has 1 aliphatic heterocycles. The fraction of sp³-hybridized carbons (Fsp3) is 0.667. The van der Waals surface area contributed by atoms with Gasteiger partial charge in [-0.15, -0.1) is 0 Å². The molecule has 0 aromatic carbocycles. The number of hydrogen-bond donors (Lipinski definition) is 1. The molecule has 88 valence electrons. The Morgan fingerprint density at radius 3 is 3.12 bits per heavy atom. The molecular formula is C12H20N4. The first kappa shape index (κ1) is 11.5. The summed E-state index contributed by atoms with van der Waals surface area (Å²) >= 11 is 0. The van der Waals surface area contributed by atoms with Gasteiger partial charge in [-0.1, -0.05) is 6.92 Å². The molecule has 2 atom stereocenters. The van der Waals surface area contributed by atoms with Crippen LogP contribution < -0.4 is 5.73 Å². The van der Waals surface area contributed by atoms with E-state index >= 15 is 0 Å². The average molecular weight is 220 g/mol. The molecule has 4 heteroatoms. The number of nitrogens with two attached hydrogens (primary N) is 1. The van der Waals surface area contributed by atoms with Gasteiger partial charge in [0.25, 0.3) is 0 Å². The first-order valence-corrected chi connectivity index (χ1v) is 6.00. The normalized spacial score (nSPS) is 26.9. The summed E-state index contributed by atoms with van der Waals surface area (Å²) in [5, 5.41) is 0. The highest BCUT2D eigenvalue weighted by Gasteiger charge is 2.27. The van der Waals surface area contributed by atoms with E-state index in [9.17, 15) is 0 Å². The summed E-state index contributed by atoms with van der Waals surface area (Å²) in [5.74, 6) is 0.695. The van der Waals surface area contributed by atoms with E-state index in [0.29, 0.717) is 12.0 Å². The standard InChI is InChI=1S/C12H20N4/c1-10-3-2-6-16(12(10)7-13)8-11-4-5-14-9-15-11/h4-5,9-10,12H,2-3,6-8,13H2,1H3. The Bertz CT molecular complexity index is 314. The topological polar surface area (TPSA) is 55.0 Å². The molecule has 0 amide bonds. The van der Waals surface area contributed by atoms with Crippen LogP contribution in [-0.2, 0) is 6.54 Å². The maximum atomic E-state index is 5.86. The van der Waals surface area contributed by atoms with Gasteiger partial charge in [0.05, 0.1) is 5.69 Å². The van der Waals surface area contributed by atoms with Crippen molar-refractivity contribution in [2.45, 2.75) is 32.4 Å². The van der Waals surface area contributed by atoms with Crippen molar-refractivity contribution in [3.63, 3.8) is 0 Å². The van der Waals surface area contributed by atoms with Gasteiger partial charge in [-0.3, -0.25) is 4.90 Å². The molecule has 1 aromatic rings. The number of rotatable bonds is 3. The van der Waals surface area contributed by atoms with Crippen LogP contribution in [0.25, 0.3) is 0 Å². The molecule has 1 fully saturated rings. The van der Waals surface area contributed by atoms with Crippen molar-refractivity contribution in [3.8, 4) is 0 Å².